The molecule has 1 aromatic rings. The topological polar surface area (TPSA) is 66.0 Å². The fourth-order valence-electron chi connectivity index (χ4n) is 2.88. The van der Waals surface area contributed by atoms with Crippen LogP contribution in [0.4, 0.5) is 4.79 Å². The highest BCUT2D eigenvalue weighted by Crippen LogP contribution is 2.12. The molecule has 0 spiro atoms. The molecule has 1 heterocycles. The van der Waals surface area contributed by atoms with Gasteiger partial charge in [-0.1, -0.05) is 23.7 Å². The van der Waals surface area contributed by atoms with Crippen LogP contribution in [0.3, 0.4) is 0 Å². The molecule has 1 fully saturated rings. The molecule has 0 saturated carbocycles. The molecule has 6 nitrogen and oxygen atoms in total. The number of hydrogen-bond acceptors (Lipinski definition) is 3. The average molecular weight is 509 g/mol. The lowest BCUT2D eigenvalue weighted by Gasteiger charge is -2.32. The SMILES string of the molecule is CCNC(=NCCc1ccc(Cl)cc1)NC1CCN(C(=O)OCC)CC1.I. The van der Waals surface area contributed by atoms with Crippen molar-refractivity contribution in [1.82, 2.24) is 15.5 Å². The van der Waals surface area contributed by atoms with E-state index >= 15 is 0 Å². The third kappa shape index (κ3) is 8.55. The molecule has 2 N–H and O–H groups in total. The zero-order valence-electron chi connectivity index (χ0n) is 16.0. The zero-order chi connectivity index (χ0) is 18.8. The maximum atomic E-state index is 11.8. The van der Waals surface area contributed by atoms with Gasteiger partial charge in [0.25, 0.3) is 0 Å². The quantitative estimate of drug-likeness (QED) is 0.350. The first-order chi connectivity index (χ1) is 12.6. The average Bonchev–Trinajstić information content (AvgIpc) is 2.64. The van der Waals surface area contributed by atoms with Crippen molar-refractivity contribution in [1.29, 1.82) is 0 Å². The van der Waals surface area contributed by atoms with Crippen molar-refractivity contribution in [3.8, 4) is 0 Å². The summed E-state index contributed by atoms with van der Waals surface area (Å²) in [6.07, 6.45) is 2.44. The number of carbonyl (C=O) groups excluding carboxylic acids is 1. The summed E-state index contributed by atoms with van der Waals surface area (Å²) in [5.74, 6) is 0.830. The van der Waals surface area contributed by atoms with Crippen LogP contribution in [0.1, 0.15) is 32.3 Å². The number of amides is 1. The van der Waals surface area contributed by atoms with Crippen LogP contribution >= 0.6 is 35.6 Å². The maximum absolute atomic E-state index is 11.8. The molecule has 1 aliphatic heterocycles. The first-order valence-corrected chi connectivity index (χ1v) is 9.71. The standard InChI is InChI=1S/C19H29ClN4O2.HI/c1-3-21-18(22-12-9-15-5-7-16(20)8-6-15)23-17-10-13-24(14-11-17)19(25)26-4-2;/h5-8,17H,3-4,9-14H2,1-2H3,(H2,21,22,23);1H. The first-order valence-electron chi connectivity index (χ1n) is 9.33. The minimum atomic E-state index is -0.213. The van der Waals surface area contributed by atoms with Gasteiger partial charge in [0.1, 0.15) is 0 Å². The molecule has 1 aromatic carbocycles. The molecule has 0 bridgehead atoms. The van der Waals surface area contributed by atoms with Crippen molar-refractivity contribution < 1.29 is 9.53 Å². The van der Waals surface area contributed by atoms with Crippen LogP contribution in [0.15, 0.2) is 29.3 Å². The summed E-state index contributed by atoms with van der Waals surface area (Å²) in [5.41, 5.74) is 1.22. The molecule has 0 unspecified atom stereocenters. The number of likely N-dealkylation sites (tertiary alicyclic amines) is 1. The van der Waals surface area contributed by atoms with Gasteiger partial charge in [-0.15, -0.1) is 24.0 Å². The van der Waals surface area contributed by atoms with Gasteiger partial charge < -0.3 is 20.3 Å². The molecule has 1 amide bonds. The van der Waals surface area contributed by atoms with Crippen LogP contribution in [0.25, 0.3) is 0 Å². The second-order valence-electron chi connectivity index (χ2n) is 6.24. The number of nitrogens with zero attached hydrogens (tertiary/aromatic N) is 2. The largest absolute Gasteiger partial charge is 0.450 e. The fourth-order valence-corrected chi connectivity index (χ4v) is 3.01. The van der Waals surface area contributed by atoms with Gasteiger partial charge in [0.05, 0.1) is 6.61 Å². The van der Waals surface area contributed by atoms with Gasteiger partial charge in [0, 0.05) is 37.2 Å². The van der Waals surface area contributed by atoms with Gasteiger partial charge in [0.2, 0.25) is 0 Å². The molecule has 0 atom stereocenters. The number of piperidine rings is 1. The fraction of sp³-hybridized carbons (Fsp3) is 0.579. The normalized spacial score (nSPS) is 15.1. The van der Waals surface area contributed by atoms with Crippen molar-refractivity contribution >= 4 is 47.6 Å². The number of aliphatic imine (C=N–C) groups is 1. The Bertz CT molecular complexity index is 590. The highest BCUT2D eigenvalue weighted by Gasteiger charge is 2.23. The summed E-state index contributed by atoms with van der Waals surface area (Å²) in [4.78, 5) is 18.2. The summed E-state index contributed by atoms with van der Waals surface area (Å²) in [7, 11) is 0. The van der Waals surface area contributed by atoms with Crippen LogP contribution in [0.2, 0.25) is 5.02 Å². The molecule has 1 saturated heterocycles. The van der Waals surface area contributed by atoms with Crippen LogP contribution in [0.5, 0.6) is 0 Å². The Balaban J connectivity index is 0.00000364. The minimum absolute atomic E-state index is 0. The van der Waals surface area contributed by atoms with Crippen molar-refractivity contribution in [2.45, 2.75) is 39.2 Å². The van der Waals surface area contributed by atoms with E-state index in [1.807, 2.05) is 31.2 Å². The van der Waals surface area contributed by atoms with Gasteiger partial charge in [0.15, 0.2) is 5.96 Å². The highest BCUT2D eigenvalue weighted by molar-refractivity contribution is 14.0. The second kappa shape index (κ2) is 13.0. The van der Waals surface area contributed by atoms with Crippen molar-refractivity contribution in [2.24, 2.45) is 4.99 Å². The lowest BCUT2D eigenvalue weighted by atomic mass is 10.1. The first kappa shape index (κ1) is 23.8. The number of guanidine groups is 1. The summed E-state index contributed by atoms with van der Waals surface area (Å²) in [6.45, 7) is 7.24. The zero-order valence-corrected chi connectivity index (χ0v) is 19.1. The van der Waals surface area contributed by atoms with Gasteiger partial charge >= 0.3 is 6.09 Å². The molecular formula is C19H30ClIN4O2. The Labute approximate surface area is 184 Å². The maximum Gasteiger partial charge on any atom is 0.409 e. The smallest absolute Gasteiger partial charge is 0.409 e. The van der Waals surface area contributed by atoms with Crippen molar-refractivity contribution in [3.63, 3.8) is 0 Å². The van der Waals surface area contributed by atoms with Crippen LogP contribution in [-0.2, 0) is 11.2 Å². The highest BCUT2D eigenvalue weighted by atomic mass is 127. The number of benzene rings is 1. The predicted molar refractivity (Wildman–Crippen MR) is 121 cm³/mol. The van der Waals surface area contributed by atoms with E-state index in [-0.39, 0.29) is 30.1 Å². The van der Waals surface area contributed by atoms with Gasteiger partial charge in [-0.3, -0.25) is 4.99 Å². The number of halogens is 2. The predicted octanol–water partition coefficient (Wildman–Crippen LogP) is 3.68. The number of carbonyl (C=O) groups is 1. The lowest BCUT2D eigenvalue weighted by molar-refractivity contribution is 0.0963. The summed E-state index contributed by atoms with van der Waals surface area (Å²) < 4.78 is 5.06. The van der Waals surface area contributed by atoms with E-state index in [0.717, 1.165) is 36.8 Å². The summed E-state index contributed by atoms with van der Waals surface area (Å²) in [5, 5.41) is 7.53. The molecule has 2 rings (SSSR count). The molecule has 8 heteroatoms. The van der Waals surface area contributed by atoms with E-state index in [0.29, 0.717) is 32.3 Å². The number of ether oxygens (including phenoxy) is 1. The van der Waals surface area contributed by atoms with Gasteiger partial charge in [-0.05, 0) is 50.8 Å². The Morgan fingerprint density at radius 3 is 2.52 bits per heavy atom. The molecule has 27 heavy (non-hydrogen) atoms. The van der Waals surface area contributed by atoms with Gasteiger partial charge in [-0.2, -0.15) is 0 Å². The molecule has 152 valence electrons. The third-order valence-corrected chi connectivity index (χ3v) is 4.54. The molecule has 0 radical (unpaired) electrons. The molecule has 0 aromatic heterocycles. The van der Waals surface area contributed by atoms with Gasteiger partial charge in [-0.25, -0.2) is 4.79 Å². The van der Waals surface area contributed by atoms with Crippen molar-refractivity contribution in [2.75, 3.05) is 32.8 Å². The Hall–Kier alpha value is -1.22. The number of hydrogen-bond donors (Lipinski definition) is 2. The van der Waals surface area contributed by atoms with E-state index in [4.69, 9.17) is 16.3 Å². The van der Waals surface area contributed by atoms with E-state index in [9.17, 15) is 4.79 Å². The molecule has 0 aliphatic carbocycles. The van der Waals surface area contributed by atoms with Crippen LogP contribution < -0.4 is 10.6 Å². The Kier molecular flexibility index (Phi) is 11.5. The van der Waals surface area contributed by atoms with Crippen molar-refractivity contribution in [3.05, 3.63) is 34.9 Å². The Morgan fingerprint density at radius 2 is 1.93 bits per heavy atom. The summed E-state index contributed by atoms with van der Waals surface area (Å²) >= 11 is 5.91. The van der Waals surface area contributed by atoms with Crippen LogP contribution in [-0.4, -0.2) is 55.8 Å². The van der Waals surface area contributed by atoms with Crippen LogP contribution in [0, 0.1) is 0 Å². The third-order valence-electron chi connectivity index (χ3n) is 4.29. The number of rotatable bonds is 6. The molecule has 1 aliphatic rings. The van der Waals surface area contributed by atoms with E-state index < -0.39 is 0 Å². The Morgan fingerprint density at radius 1 is 1.26 bits per heavy atom. The van der Waals surface area contributed by atoms with E-state index in [2.05, 4.69) is 22.5 Å². The lowest BCUT2D eigenvalue weighted by Crippen LogP contribution is -2.50. The second-order valence-corrected chi connectivity index (χ2v) is 6.68. The monoisotopic (exact) mass is 508 g/mol. The minimum Gasteiger partial charge on any atom is -0.450 e. The number of nitrogens with one attached hydrogen (secondary N) is 2. The van der Waals surface area contributed by atoms with E-state index in [1.54, 1.807) is 4.90 Å². The molecular weight excluding hydrogens is 479 g/mol. The summed E-state index contributed by atoms with van der Waals surface area (Å²) in [6, 6.07) is 8.18. The van der Waals surface area contributed by atoms with E-state index in [1.165, 1.54) is 5.56 Å².